The van der Waals surface area contributed by atoms with Crippen molar-refractivity contribution in [3.63, 3.8) is 0 Å². The lowest BCUT2D eigenvalue weighted by Crippen LogP contribution is -2.24. The van der Waals surface area contributed by atoms with Crippen molar-refractivity contribution in [3.8, 4) is 6.07 Å². The Morgan fingerprint density at radius 3 is 2.71 bits per heavy atom. The standard InChI is InChI=1S/C9H13N5O2S/c1-17(15,16)14-4-2-3-12-9-8(7-10)11-5-6-13-9/h5-6,14H,2-4H2,1H3,(H,12,13). The van der Waals surface area contributed by atoms with Crippen LogP contribution in [0.5, 0.6) is 0 Å². The molecule has 0 aliphatic heterocycles. The van der Waals surface area contributed by atoms with E-state index in [9.17, 15) is 8.42 Å². The zero-order valence-electron chi connectivity index (χ0n) is 9.34. The van der Waals surface area contributed by atoms with E-state index in [1.807, 2.05) is 6.07 Å². The van der Waals surface area contributed by atoms with Gasteiger partial charge in [0.15, 0.2) is 11.5 Å². The number of sulfonamides is 1. The number of anilines is 1. The Bertz CT molecular complexity index is 508. The van der Waals surface area contributed by atoms with Gasteiger partial charge in [-0.1, -0.05) is 0 Å². The first kappa shape index (κ1) is 13.3. The van der Waals surface area contributed by atoms with Crippen LogP contribution in [0.3, 0.4) is 0 Å². The predicted molar refractivity (Wildman–Crippen MR) is 62.7 cm³/mol. The molecule has 0 fully saturated rings. The molecule has 0 spiro atoms. The summed E-state index contributed by atoms with van der Waals surface area (Å²) in [5, 5.41) is 11.7. The van der Waals surface area contributed by atoms with Gasteiger partial charge >= 0.3 is 0 Å². The van der Waals surface area contributed by atoms with Crippen LogP contribution >= 0.6 is 0 Å². The Hall–Kier alpha value is -1.72. The minimum absolute atomic E-state index is 0.226. The molecule has 0 aromatic carbocycles. The van der Waals surface area contributed by atoms with Crippen molar-refractivity contribution in [1.29, 1.82) is 5.26 Å². The molecule has 1 heterocycles. The molecule has 0 atom stereocenters. The Labute approximate surface area is 99.9 Å². The number of hydrogen-bond acceptors (Lipinski definition) is 6. The maximum atomic E-state index is 10.8. The summed E-state index contributed by atoms with van der Waals surface area (Å²) in [6, 6.07) is 1.91. The Morgan fingerprint density at radius 2 is 2.06 bits per heavy atom. The molecular formula is C9H13N5O2S. The van der Waals surface area contributed by atoms with Gasteiger partial charge in [-0.3, -0.25) is 0 Å². The Morgan fingerprint density at radius 1 is 1.35 bits per heavy atom. The molecule has 0 saturated heterocycles. The molecule has 1 aromatic rings. The van der Waals surface area contributed by atoms with E-state index in [0.717, 1.165) is 6.26 Å². The van der Waals surface area contributed by atoms with Crippen LogP contribution in [-0.4, -0.2) is 37.7 Å². The Balaban J connectivity index is 2.34. The molecule has 0 aliphatic rings. The summed E-state index contributed by atoms with van der Waals surface area (Å²) in [4.78, 5) is 7.80. The lowest BCUT2D eigenvalue weighted by molar-refractivity contribution is 0.586. The van der Waals surface area contributed by atoms with Crippen LogP contribution in [0.4, 0.5) is 5.82 Å². The van der Waals surface area contributed by atoms with Gasteiger partial charge in [0, 0.05) is 25.5 Å². The van der Waals surface area contributed by atoms with E-state index in [-0.39, 0.29) is 5.69 Å². The van der Waals surface area contributed by atoms with Gasteiger partial charge in [0.25, 0.3) is 0 Å². The molecule has 0 saturated carbocycles. The highest BCUT2D eigenvalue weighted by atomic mass is 32.2. The third-order valence-electron chi connectivity index (χ3n) is 1.81. The molecule has 0 unspecified atom stereocenters. The first-order chi connectivity index (χ1) is 8.03. The van der Waals surface area contributed by atoms with Gasteiger partial charge in [-0.2, -0.15) is 5.26 Å². The third-order valence-corrected chi connectivity index (χ3v) is 2.54. The van der Waals surface area contributed by atoms with E-state index < -0.39 is 10.0 Å². The summed E-state index contributed by atoms with van der Waals surface area (Å²) in [5.74, 6) is 0.411. The monoisotopic (exact) mass is 255 g/mol. The highest BCUT2D eigenvalue weighted by Gasteiger charge is 2.03. The number of hydrogen-bond donors (Lipinski definition) is 2. The Kier molecular flexibility index (Phi) is 4.81. The van der Waals surface area contributed by atoms with Crippen molar-refractivity contribution >= 4 is 15.8 Å². The van der Waals surface area contributed by atoms with Gasteiger partial charge in [-0.05, 0) is 6.42 Å². The van der Waals surface area contributed by atoms with Gasteiger partial charge in [0.05, 0.1) is 6.26 Å². The number of nitriles is 1. The largest absolute Gasteiger partial charge is 0.368 e. The van der Waals surface area contributed by atoms with Crippen molar-refractivity contribution in [2.24, 2.45) is 0 Å². The topological polar surface area (TPSA) is 108 Å². The summed E-state index contributed by atoms with van der Waals surface area (Å²) in [6.45, 7) is 0.851. The molecule has 0 amide bonds. The lowest BCUT2D eigenvalue weighted by Gasteiger charge is -2.06. The van der Waals surface area contributed by atoms with Gasteiger partial charge in [0.1, 0.15) is 6.07 Å². The second-order valence-corrected chi connectivity index (χ2v) is 5.15. The van der Waals surface area contributed by atoms with Gasteiger partial charge < -0.3 is 5.32 Å². The minimum Gasteiger partial charge on any atom is -0.368 e. The second kappa shape index (κ2) is 6.12. The molecule has 0 bridgehead atoms. The number of nitrogens with one attached hydrogen (secondary N) is 2. The SMILES string of the molecule is CS(=O)(=O)NCCCNc1nccnc1C#N. The molecule has 8 heteroatoms. The maximum Gasteiger partial charge on any atom is 0.208 e. The van der Waals surface area contributed by atoms with Crippen LogP contribution in [-0.2, 0) is 10.0 Å². The van der Waals surface area contributed by atoms with Crippen LogP contribution in [0.25, 0.3) is 0 Å². The van der Waals surface area contributed by atoms with Crippen LogP contribution in [0.2, 0.25) is 0 Å². The highest BCUT2D eigenvalue weighted by molar-refractivity contribution is 7.88. The van der Waals surface area contributed by atoms with Crippen LogP contribution < -0.4 is 10.0 Å². The molecule has 1 aromatic heterocycles. The zero-order valence-corrected chi connectivity index (χ0v) is 10.2. The summed E-state index contributed by atoms with van der Waals surface area (Å²) < 4.78 is 23.9. The van der Waals surface area contributed by atoms with Crippen molar-refractivity contribution in [3.05, 3.63) is 18.1 Å². The molecular weight excluding hydrogens is 242 g/mol. The van der Waals surface area contributed by atoms with E-state index in [0.29, 0.717) is 25.3 Å². The second-order valence-electron chi connectivity index (χ2n) is 3.31. The van der Waals surface area contributed by atoms with E-state index in [1.54, 1.807) is 0 Å². The highest BCUT2D eigenvalue weighted by Crippen LogP contribution is 2.05. The molecule has 92 valence electrons. The predicted octanol–water partition coefficient (Wildman–Crippen LogP) is -0.301. The lowest BCUT2D eigenvalue weighted by atomic mass is 10.4. The average Bonchev–Trinajstić information content (AvgIpc) is 2.27. The quantitative estimate of drug-likeness (QED) is 0.676. The zero-order chi connectivity index (χ0) is 12.7. The summed E-state index contributed by atoms with van der Waals surface area (Å²) in [7, 11) is -3.14. The molecule has 7 nitrogen and oxygen atoms in total. The summed E-state index contributed by atoms with van der Waals surface area (Å²) in [5.41, 5.74) is 0.226. The normalized spacial score (nSPS) is 10.8. The summed E-state index contributed by atoms with van der Waals surface area (Å²) in [6.07, 6.45) is 4.62. The van der Waals surface area contributed by atoms with Crippen LogP contribution in [0.1, 0.15) is 12.1 Å². The fourth-order valence-corrected chi connectivity index (χ4v) is 1.62. The smallest absolute Gasteiger partial charge is 0.208 e. The van der Waals surface area contributed by atoms with Gasteiger partial charge in [-0.25, -0.2) is 23.1 Å². The number of aromatic nitrogens is 2. The van der Waals surface area contributed by atoms with Crippen molar-refractivity contribution in [1.82, 2.24) is 14.7 Å². The van der Waals surface area contributed by atoms with Crippen LogP contribution in [0.15, 0.2) is 12.4 Å². The van der Waals surface area contributed by atoms with Gasteiger partial charge in [0.2, 0.25) is 10.0 Å². The number of nitrogens with zero attached hydrogens (tertiary/aromatic N) is 3. The fourth-order valence-electron chi connectivity index (χ4n) is 1.10. The van der Waals surface area contributed by atoms with E-state index in [1.165, 1.54) is 12.4 Å². The molecule has 17 heavy (non-hydrogen) atoms. The molecule has 0 radical (unpaired) electrons. The van der Waals surface area contributed by atoms with Crippen molar-refractivity contribution in [2.45, 2.75) is 6.42 Å². The average molecular weight is 255 g/mol. The van der Waals surface area contributed by atoms with E-state index in [2.05, 4.69) is 20.0 Å². The van der Waals surface area contributed by atoms with E-state index in [4.69, 9.17) is 5.26 Å². The van der Waals surface area contributed by atoms with E-state index >= 15 is 0 Å². The minimum atomic E-state index is -3.14. The first-order valence-electron chi connectivity index (χ1n) is 4.92. The van der Waals surface area contributed by atoms with Gasteiger partial charge in [-0.15, -0.1) is 0 Å². The van der Waals surface area contributed by atoms with Crippen LogP contribution in [0, 0.1) is 11.3 Å². The molecule has 2 N–H and O–H groups in total. The van der Waals surface area contributed by atoms with Crippen molar-refractivity contribution in [2.75, 3.05) is 24.7 Å². The third kappa shape index (κ3) is 5.24. The summed E-state index contributed by atoms with van der Waals surface area (Å²) >= 11 is 0. The molecule has 1 rings (SSSR count). The maximum absolute atomic E-state index is 10.8. The number of rotatable bonds is 6. The fraction of sp³-hybridized carbons (Fsp3) is 0.444. The van der Waals surface area contributed by atoms with Crippen molar-refractivity contribution < 1.29 is 8.42 Å². The molecule has 0 aliphatic carbocycles. The first-order valence-corrected chi connectivity index (χ1v) is 6.81.